The van der Waals surface area contributed by atoms with Gasteiger partial charge in [-0.15, -0.1) is 0 Å². The molecule has 1 rings (SSSR count). The smallest absolute Gasteiger partial charge is 0.410 e. The van der Waals surface area contributed by atoms with Crippen molar-refractivity contribution >= 4 is 6.09 Å². The maximum absolute atomic E-state index is 11.9. The summed E-state index contributed by atoms with van der Waals surface area (Å²) in [6.07, 6.45) is 5.98. The van der Waals surface area contributed by atoms with Crippen LogP contribution in [0.25, 0.3) is 0 Å². The minimum Gasteiger partial charge on any atom is -0.449 e. The summed E-state index contributed by atoms with van der Waals surface area (Å²) in [5, 5.41) is 0. The van der Waals surface area contributed by atoms with Gasteiger partial charge in [0.1, 0.15) is 0 Å². The highest BCUT2D eigenvalue weighted by Crippen LogP contribution is 2.23. The van der Waals surface area contributed by atoms with Crippen LogP contribution in [0.15, 0.2) is 0 Å². The van der Waals surface area contributed by atoms with Crippen molar-refractivity contribution in [1.82, 2.24) is 4.90 Å². The van der Waals surface area contributed by atoms with E-state index in [0.717, 1.165) is 19.4 Å². The zero-order valence-electron chi connectivity index (χ0n) is 10.9. The number of ether oxygens (including phenoxy) is 1. The molecular formula is C13H25NO2. The number of nitrogens with zero attached hydrogens (tertiary/aromatic N) is 1. The molecule has 0 heterocycles. The van der Waals surface area contributed by atoms with Gasteiger partial charge in [0.05, 0.1) is 6.61 Å². The molecule has 0 bridgehead atoms. The summed E-state index contributed by atoms with van der Waals surface area (Å²) < 4.78 is 5.30. The molecule has 0 aliphatic heterocycles. The van der Waals surface area contributed by atoms with Crippen LogP contribution in [-0.2, 0) is 4.74 Å². The van der Waals surface area contributed by atoms with E-state index in [1.54, 1.807) is 0 Å². The Morgan fingerprint density at radius 1 is 1.31 bits per heavy atom. The van der Waals surface area contributed by atoms with E-state index in [1.165, 1.54) is 19.3 Å². The van der Waals surface area contributed by atoms with Gasteiger partial charge in [-0.05, 0) is 25.7 Å². The first-order chi connectivity index (χ1) is 7.65. The van der Waals surface area contributed by atoms with Crippen LogP contribution in [-0.4, -0.2) is 30.2 Å². The largest absolute Gasteiger partial charge is 0.449 e. The Hall–Kier alpha value is -0.730. The highest BCUT2D eigenvalue weighted by molar-refractivity contribution is 5.68. The van der Waals surface area contributed by atoms with Gasteiger partial charge >= 0.3 is 6.09 Å². The molecule has 1 aliphatic carbocycles. The van der Waals surface area contributed by atoms with Crippen LogP contribution in [0.4, 0.5) is 4.79 Å². The number of rotatable bonds is 4. The van der Waals surface area contributed by atoms with Crippen molar-refractivity contribution in [2.45, 2.75) is 58.9 Å². The van der Waals surface area contributed by atoms with Crippen molar-refractivity contribution in [3.05, 3.63) is 0 Å². The third kappa shape index (κ3) is 4.03. The molecule has 0 radical (unpaired) electrons. The van der Waals surface area contributed by atoms with E-state index >= 15 is 0 Å². The average molecular weight is 227 g/mol. The summed E-state index contributed by atoms with van der Waals surface area (Å²) in [7, 11) is 0. The first kappa shape index (κ1) is 13.3. The first-order valence-electron chi connectivity index (χ1n) is 6.58. The standard InChI is InChI=1S/C13H25NO2/c1-4-14(12-8-6-5-7-9-12)13(15)16-10-11(2)3/h11-12H,4-10H2,1-3H3. The fraction of sp³-hybridized carbons (Fsp3) is 0.923. The summed E-state index contributed by atoms with van der Waals surface area (Å²) in [6.45, 7) is 7.45. The molecule has 0 unspecified atom stereocenters. The highest BCUT2D eigenvalue weighted by Gasteiger charge is 2.25. The summed E-state index contributed by atoms with van der Waals surface area (Å²) >= 11 is 0. The van der Waals surface area contributed by atoms with E-state index in [1.807, 2.05) is 11.8 Å². The molecule has 0 aromatic heterocycles. The average Bonchev–Trinajstić information content (AvgIpc) is 2.29. The van der Waals surface area contributed by atoms with E-state index in [0.29, 0.717) is 18.6 Å². The van der Waals surface area contributed by atoms with Crippen LogP contribution < -0.4 is 0 Å². The van der Waals surface area contributed by atoms with Crippen molar-refractivity contribution in [3.63, 3.8) is 0 Å². The molecule has 1 aliphatic rings. The molecule has 3 nitrogen and oxygen atoms in total. The van der Waals surface area contributed by atoms with Crippen molar-refractivity contribution in [2.24, 2.45) is 5.92 Å². The second kappa shape index (κ2) is 6.77. The lowest BCUT2D eigenvalue weighted by Gasteiger charge is -2.32. The van der Waals surface area contributed by atoms with Crippen LogP contribution in [0.5, 0.6) is 0 Å². The van der Waals surface area contributed by atoms with Crippen molar-refractivity contribution in [1.29, 1.82) is 0 Å². The van der Waals surface area contributed by atoms with Gasteiger partial charge in [-0.2, -0.15) is 0 Å². The predicted molar refractivity (Wildman–Crippen MR) is 65.4 cm³/mol. The zero-order valence-corrected chi connectivity index (χ0v) is 10.9. The molecule has 0 atom stereocenters. The Kier molecular flexibility index (Phi) is 5.64. The Labute approximate surface area is 99.1 Å². The molecular weight excluding hydrogens is 202 g/mol. The van der Waals surface area contributed by atoms with Crippen LogP contribution in [0.1, 0.15) is 52.9 Å². The fourth-order valence-corrected chi connectivity index (χ4v) is 2.25. The van der Waals surface area contributed by atoms with Gasteiger partial charge in [0.25, 0.3) is 0 Å². The van der Waals surface area contributed by atoms with E-state index in [9.17, 15) is 4.79 Å². The number of hydrogen-bond donors (Lipinski definition) is 0. The normalized spacial score (nSPS) is 17.5. The molecule has 1 amide bonds. The summed E-state index contributed by atoms with van der Waals surface area (Å²) in [6, 6.07) is 0.415. The van der Waals surface area contributed by atoms with Gasteiger partial charge in [0.2, 0.25) is 0 Å². The zero-order chi connectivity index (χ0) is 12.0. The van der Waals surface area contributed by atoms with Gasteiger partial charge in [0, 0.05) is 12.6 Å². The second-order valence-corrected chi connectivity index (χ2v) is 5.05. The number of carbonyl (C=O) groups excluding carboxylic acids is 1. The maximum Gasteiger partial charge on any atom is 0.410 e. The monoisotopic (exact) mass is 227 g/mol. The van der Waals surface area contributed by atoms with Crippen molar-refractivity contribution < 1.29 is 9.53 Å². The molecule has 0 spiro atoms. The third-order valence-electron chi connectivity index (χ3n) is 3.13. The Balaban J connectivity index is 2.41. The van der Waals surface area contributed by atoms with Crippen molar-refractivity contribution in [2.75, 3.05) is 13.2 Å². The molecule has 0 aromatic rings. The van der Waals surface area contributed by atoms with E-state index in [4.69, 9.17) is 4.74 Å². The Morgan fingerprint density at radius 2 is 1.94 bits per heavy atom. The van der Waals surface area contributed by atoms with Gasteiger partial charge in [0.15, 0.2) is 0 Å². The lowest BCUT2D eigenvalue weighted by Crippen LogP contribution is -2.41. The van der Waals surface area contributed by atoms with Crippen LogP contribution in [0.3, 0.4) is 0 Å². The molecule has 1 fully saturated rings. The SMILES string of the molecule is CCN(C(=O)OCC(C)C)C1CCCCC1. The van der Waals surface area contributed by atoms with Gasteiger partial charge < -0.3 is 9.64 Å². The van der Waals surface area contributed by atoms with Crippen LogP contribution in [0, 0.1) is 5.92 Å². The van der Waals surface area contributed by atoms with Gasteiger partial charge in [-0.1, -0.05) is 33.1 Å². The predicted octanol–water partition coefficient (Wildman–Crippen LogP) is 3.43. The lowest BCUT2D eigenvalue weighted by molar-refractivity contribution is 0.0714. The van der Waals surface area contributed by atoms with Gasteiger partial charge in [-0.3, -0.25) is 0 Å². The minimum atomic E-state index is -0.122. The minimum absolute atomic E-state index is 0.122. The molecule has 0 aromatic carbocycles. The van der Waals surface area contributed by atoms with Gasteiger partial charge in [-0.25, -0.2) is 4.79 Å². The fourth-order valence-electron chi connectivity index (χ4n) is 2.25. The van der Waals surface area contributed by atoms with Crippen LogP contribution >= 0.6 is 0 Å². The highest BCUT2D eigenvalue weighted by atomic mass is 16.6. The van der Waals surface area contributed by atoms with Crippen molar-refractivity contribution in [3.8, 4) is 0 Å². The topological polar surface area (TPSA) is 29.5 Å². The Morgan fingerprint density at radius 3 is 2.44 bits per heavy atom. The number of carbonyl (C=O) groups is 1. The number of hydrogen-bond acceptors (Lipinski definition) is 2. The first-order valence-corrected chi connectivity index (χ1v) is 6.58. The molecule has 3 heteroatoms. The summed E-state index contributed by atoms with van der Waals surface area (Å²) in [5.41, 5.74) is 0. The lowest BCUT2D eigenvalue weighted by atomic mass is 9.94. The second-order valence-electron chi connectivity index (χ2n) is 5.05. The summed E-state index contributed by atoms with van der Waals surface area (Å²) in [5.74, 6) is 0.411. The van der Waals surface area contributed by atoms with Crippen LogP contribution in [0.2, 0.25) is 0 Å². The third-order valence-corrected chi connectivity index (χ3v) is 3.13. The molecule has 16 heavy (non-hydrogen) atoms. The maximum atomic E-state index is 11.9. The number of amides is 1. The van der Waals surface area contributed by atoms with E-state index in [-0.39, 0.29) is 6.09 Å². The Bertz CT molecular complexity index is 210. The quantitative estimate of drug-likeness (QED) is 0.736. The van der Waals surface area contributed by atoms with E-state index in [2.05, 4.69) is 13.8 Å². The summed E-state index contributed by atoms with van der Waals surface area (Å²) in [4.78, 5) is 13.8. The molecule has 0 saturated heterocycles. The van der Waals surface area contributed by atoms with E-state index < -0.39 is 0 Å². The molecule has 1 saturated carbocycles. The molecule has 0 N–H and O–H groups in total. The molecule has 94 valence electrons.